The minimum absolute atomic E-state index is 0.0601. The van der Waals surface area contributed by atoms with E-state index in [1.165, 1.54) is 4.90 Å². The van der Waals surface area contributed by atoms with Crippen LogP contribution >= 0.6 is 11.6 Å². The highest BCUT2D eigenvalue weighted by molar-refractivity contribution is 6.31. The predicted octanol–water partition coefficient (Wildman–Crippen LogP) is 3.98. The molecule has 1 atom stereocenters. The molecular formula is C16H20ClNO3. The molecule has 114 valence electrons. The molecule has 1 heterocycles. The quantitative estimate of drug-likeness (QED) is 0.788. The molecule has 1 aliphatic heterocycles. The number of hydrogen-bond acceptors (Lipinski definition) is 3. The van der Waals surface area contributed by atoms with Crippen molar-refractivity contribution >= 4 is 23.6 Å². The molecule has 1 saturated heterocycles. The third-order valence-corrected chi connectivity index (χ3v) is 3.73. The van der Waals surface area contributed by atoms with Gasteiger partial charge in [0, 0.05) is 18.0 Å². The molecule has 2 rings (SSSR count). The first-order chi connectivity index (χ1) is 9.78. The molecule has 0 saturated carbocycles. The van der Waals surface area contributed by atoms with Crippen molar-refractivity contribution in [2.75, 3.05) is 6.54 Å². The summed E-state index contributed by atoms with van der Waals surface area (Å²) in [6.07, 6.45) is 0.419. The Morgan fingerprint density at radius 1 is 1.33 bits per heavy atom. The molecule has 0 aliphatic carbocycles. The van der Waals surface area contributed by atoms with Crippen LogP contribution in [-0.4, -0.2) is 29.0 Å². The maximum absolute atomic E-state index is 12.2. The van der Waals surface area contributed by atoms with Crippen molar-refractivity contribution in [2.45, 2.75) is 45.1 Å². The van der Waals surface area contributed by atoms with E-state index >= 15 is 0 Å². The fourth-order valence-electron chi connectivity index (χ4n) is 2.41. The second kappa shape index (κ2) is 6.06. The fourth-order valence-corrected chi connectivity index (χ4v) is 2.70. The summed E-state index contributed by atoms with van der Waals surface area (Å²) >= 11 is 6.17. The molecule has 0 aromatic heterocycles. The van der Waals surface area contributed by atoms with E-state index in [9.17, 15) is 9.59 Å². The molecule has 2 amide bonds. The molecule has 4 nitrogen and oxygen atoms in total. The number of likely N-dealkylation sites (tertiary alicyclic amines) is 1. The van der Waals surface area contributed by atoms with Gasteiger partial charge < -0.3 is 4.74 Å². The lowest BCUT2D eigenvalue weighted by atomic mass is 9.89. The zero-order valence-corrected chi connectivity index (χ0v) is 13.3. The third kappa shape index (κ3) is 3.97. The molecule has 0 radical (unpaired) electrons. The van der Waals surface area contributed by atoms with Crippen LogP contribution in [0.2, 0.25) is 5.02 Å². The highest BCUT2D eigenvalue weighted by atomic mass is 35.5. The van der Waals surface area contributed by atoms with Gasteiger partial charge in [0.05, 0.1) is 0 Å². The molecule has 0 bridgehead atoms. The highest BCUT2D eigenvalue weighted by Crippen LogP contribution is 2.33. The highest BCUT2D eigenvalue weighted by Gasteiger charge is 2.33. The van der Waals surface area contributed by atoms with Gasteiger partial charge in [-0.1, -0.05) is 29.8 Å². The van der Waals surface area contributed by atoms with Crippen molar-refractivity contribution in [3.8, 4) is 0 Å². The topological polar surface area (TPSA) is 46.6 Å². The van der Waals surface area contributed by atoms with E-state index < -0.39 is 11.7 Å². The van der Waals surface area contributed by atoms with E-state index in [0.29, 0.717) is 18.0 Å². The van der Waals surface area contributed by atoms with Gasteiger partial charge in [0.1, 0.15) is 5.60 Å². The molecule has 21 heavy (non-hydrogen) atoms. The number of ether oxygens (including phenoxy) is 1. The summed E-state index contributed by atoms with van der Waals surface area (Å²) in [6.45, 7) is 5.72. The molecule has 1 aromatic rings. The first-order valence-electron chi connectivity index (χ1n) is 7.05. The van der Waals surface area contributed by atoms with Crippen molar-refractivity contribution in [3.63, 3.8) is 0 Å². The van der Waals surface area contributed by atoms with Crippen LogP contribution in [0.25, 0.3) is 0 Å². The van der Waals surface area contributed by atoms with Crippen LogP contribution < -0.4 is 0 Å². The van der Waals surface area contributed by atoms with E-state index in [1.807, 2.05) is 24.3 Å². The lowest BCUT2D eigenvalue weighted by Gasteiger charge is -2.32. The van der Waals surface area contributed by atoms with E-state index in [2.05, 4.69) is 0 Å². The van der Waals surface area contributed by atoms with Gasteiger partial charge in [0.15, 0.2) is 0 Å². The van der Waals surface area contributed by atoms with Gasteiger partial charge in [0.25, 0.3) is 0 Å². The van der Waals surface area contributed by atoms with Crippen LogP contribution in [0.15, 0.2) is 24.3 Å². The Kier molecular flexibility index (Phi) is 4.57. The summed E-state index contributed by atoms with van der Waals surface area (Å²) in [7, 11) is 0. The predicted molar refractivity (Wildman–Crippen MR) is 81.4 cm³/mol. The van der Waals surface area contributed by atoms with Gasteiger partial charge in [-0.25, -0.2) is 9.69 Å². The molecule has 1 aliphatic rings. The van der Waals surface area contributed by atoms with E-state index in [1.54, 1.807) is 20.8 Å². The largest absolute Gasteiger partial charge is 0.443 e. The zero-order chi connectivity index (χ0) is 15.6. The first-order valence-corrected chi connectivity index (χ1v) is 7.43. The van der Waals surface area contributed by atoms with Crippen LogP contribution in [0.1, 0.15) is 45.1 Å². The number of carbonyl (C=O) groups is 2. The summed E-state index contributed by atoms with van der Waals surface area (Å²) in [4.78, 5) is 25.4. The summed E-state index contributed by atoms with van der Waals surface area (Å²) in [5.74, 6) is -0.148. The maximum atomic E-state index is 12.2. The van der Waals surface area contributed by atoms with Gasteiger partial charge in [-0.3, -0.25) is 4.79 Å². The lowest BCUT2D eigenvalue weighted by molar-refractivity contribution is -0.132. The number of rotatable bonds is 1. The number of amides is 2. The van der Waals surface area contributed by atoms with Gasteiger partial charge in [-0.05, 0) is 44.7 Å². The lowest BCUT2D eigenvalue weighted by Crippen LogP contribution is -2.44. The SMILES string of the molecule is CC(C)(C)OC(=O)N1CCC(c2ccccc2Cl)CC1=O. The zero-order valence-electron chi connectivity index (χ0n) is 12.6. The van der Waals surface area contributed by atoms with Crippen molar-refractivity contribution in [2.24, 2.45) is 0 Å². The normalized spacial score (nSPS) is 19.5. The number of benzene rings is 1. The average molecular weight is 310 g/mol. The minimum atomic E-state index is -0.600. The van der Waals surface area contributed by atoms with Crippen molar-refractivity contribution in [1.29, 1.82) is 0 Å². The van der Waals surface area contributed by atoms with Crippen molar-refractivity contribution in [1.82, 2.24) is 4.90 Å². The van der Waals surface area contributed by atoms with Gasteiger partial charge in [-0.2, -0.15) is 0 Å². The first kappa shape index (κ1) is 15.8. The van der Waals surface area contributed by atoms with E-state index in [-0.39, 0.29) is 18.2 Å². The number of halogens is 1. The van der Waals surface area contributed by atoms with Gasteiger partial charge in [0.2, 0.25) is 5.91 Å². The number of carbonyl (C=O) groups excluding carboxylic acids is 2. The summed E-state index contributed by atoms with van der Waals surface area (Å²) < 4.78 is 5.25. The second-order valence-corrected chi connectivity index (χ2v) is 6.64. The molecule has 5 heteroatoms. The fraction of sp³-hybridized carbons (Fsp3) is 0.500. The van der Waals surface area contributed by atoms with E-state index in [0.717, 1.165) is 5.56 Å². The number of imide groups is 1. The Morgan fingerprint density at radius 3 is 2.57 bits per heavy atom. The van der Waals surface area contributed by atoms with Gasteiger partial charge in [-0.15, -0.1) is 0 Å². The van der Waals surface area contributed by atoms with Gasteiger partial charge >= 0.3 is 6.09 Å². The molecule has 0 spiro atoms. The molecule has 1 fully saturated rings. The molecule has 0 N–H and O–H groups in total. The number of nitrogens with zero attached hydrogens (tertiary/aromatic N) is 1. The Balaban J connectivity index is 2.05. The maximum Gasteiger partial charge on any atom is 0.417 e. The summed E-state index contributed by atoms with van der Waals surface area (Å²) in [5, 5.41) is 0.668. The summed E-state index contributed by atoms with van der Waals surface area (Å²) in [5.41, 5.74) is 0.369. The Labute approximate surface area is 130 Å². The smallest absolute Gasteiger partial charge is 0.417 e. The standard InChI is InChI=1S/C16H20ClNO3/c1-16(2,3)21-15(20)18-9-8-11(10-14(18)19)12-6-4-5-7-13(12)17/h4-7,11H,8-10H2,1-3H3. The van der Waals surface area contributed by atoms with Crippen LogP contribution in [0.3, 0.4) is 0 Å². The number of hydrogen-bond donors (Lipinski definition) is 0. The summed E-state index contributed by atoms with van der Waals surface area (Å²) in [6, 6.07) is 7.53. The molecule has 1 aromatic carbocycles. The molecule has 1 unspecified atom stereocenters. The van der Waals surface area contributed by atoms with Crippen LogP contribution in [0.5, 0.6) is 0 Å². The second-order valence-electron chi connectivity index (χ2n) is 6.24. The minimum Gasteiger partial charge on any atom is -0.443 e. The van der Waals surface area contributed by atoms with Crippen molar-refractivity contribution < 1.29 is 14.3 Å². The van der Waals surface area contributed by atoms with Crippen LogP contribution in [0.4, 0.5) is 4.79 Å². The average Bonchev–Trinajstić information content (AvgIpc) is 2.37. The Bertz CT molecular complexity index is 551. The molecular weight excluding hydrogens is 290 g/mol. The Hall–Kier alpha value is -1.55. The van der Waals surface area contributed by atoms with E-state index in [4.69, 9.17) is 16.3 Å². The van der Waals surface area contributed by atoms with Crippen molar-refractivity contribution in [3.05, 3.63) is 34.9 Å². The Morgan fingerprint density at radius 2 is 2.00 bits per heavy atom. The monoisotopic (exact) mass is 309 g/mol. The van der Waals surface area contributed by atoms with Crippen LogP contribution in [-0.2, 0) is 9.53 Å². The third-order valence-electron chi connectivity index (χ3n) is 3.38. The number of piperidine rings is 1. The van der Waals surface area contributed by atoms with Crippen LogP contribution in [0, 0.1) is 0 Å².